The van der Waals surface area contributed by atoms with Gasteiger partial charge in [0.2, 0.25) is 0 Å². The highest BCUT2D eigenvalue weighted by Gasteiger charge is 2.48. The smallest absolute Gasteiger partial charge is 0.333 e. The van der Waals surface area contributed by atoms with Crippen molar-refractivity contribution in [2.45, 2.75) is 71.6 Å². The van der Waals surface area contributed by atoms with E-state index in [9.17, 15) is 0 Å². The van der Waals surface area contributed by atoms with Gasteiger partial charge in [0, 0.05) is 43.9 Å². The van der Waals surface area contributed by atoms with Gasteiger partial charge in [-0.05, 0) is 120 Å². The Hall–Kier alpha value is -6.78. The van der Waals surface area contributed by atoms with Crippen molar-refractivity contribution in [2.75, 3.05) is 4.81 Å². The van der Waals surface area contributed by atoms with Crippen molar-refractivity contribution < 1.29 is 4.42 Å². The minimum absolute atomic E-state index is 0.00933. The van der Waals surface area contributed by atoms with Crippen LogP contribution in [0.4, 0.5) is 11.4 Å². The van der Waals surface area contributed by atoms with Gasteiger partial charge >= 0.3 is 6.85 Å². The second-order valence-electron chi connectivity index (χ2n) is 20.9. The summed E-state index contributed by atoms with van der Waals surface area (Å²) >= 11 is 0. The summed E-state index contributed by atoms with van der Waals surface area (Å²) in [6.45, 7) is 18.7. The second-order valence-corrected chi connectivity index (χ2v) is 20.9. The van der Waals surface area contributed by atoms with Gasteiger partial charge in [-0.3, -0.25) is 0 Å². The average Bonchev–Trinajstić information content (AvgIpc) is 3.90. The molecule has 13 rings (SSSR count). The summed E-state index contributed by atoms with van der Waals surface area (Å²) in [5.74, 6) is 0. The molecule has 2 aromatic heterocycles. The molecule has 0 radical (unpaired) electrons. The van der Waals surface area contributed by atoms with Crippen LogP contribution in [0.3, 0.4) is 0 Å². The van der Waals surface area contributed by atoms with Crippen molar-refractivity contribution in [1.82, 2.24) is 4.57 Å². The molecule has 8 aromatic carbocycles. The van der Waals surface area contributed by atoms with Crippen LogP contribution in [0.5, 0.6) is 0 Å². The highest BCUT2D eigenvalue weighted by molar-refractivity contribution is 6.94. The number of benzene rings is 8. The Morgan fingerprint density at radius 1 is 0.540 bits per heavy atom. The number of rotatable bonds is 2. The molecule has 0 amide bonds. The third-order valence-corrected chi connectivity index (χ3v) is 14.9. The lowest BCUT2D eigenvalue weighted by atomic mass is 9.43. The van der Waals surface area contributed by atoms with Crippen LogP contribution in [0.25, 0.3) is 82.8 Å². The molecule has 0 atom stereocenters. The van der Waals surface area contributed by atoms with Gasteiger partial charge in [0.25, 0.3) is 0 Å². The lowest BCUT2D eigenvalue weighted by molar-refractivity contribution is 0.590. The maximum absolute atomic E-state index is 7.18. The van der Waals surface area contributed by atoms with Gasteiger partial charge in [0.15, 0.2) is 5.58 Å². The van der Waals surface area contributed by atoms with E-state index in [4.69, 9.17) is 4.42 Å². The summed E-state index contributed by atoms with van der Waals surface area (Å²) in [7, 11) is 0. The van der Waals surface area contributed by atoms with E-state index in [1.807, 2.05) is 0 Å². The van der Waals surface area contributed by atoms with Crippen LogP contribution in [0.15, 0.2) is 156 Å². The molecule has 0 fully saturated rings. The largest absolute Gasteiger partial charge is 0.454 e. The highest BCUT2D eigenvalue weighted by Crippen LogP contribution is 2.57. The summed E-state index contributed by atoms with van der Waals surface area (Å²) in [5.41, 5.74) is 23.4. The molecular weight excluding hydrogens is 763 g/mol. The predicted octanol–water partition coefficient (Wildman–Crippen LogP) is 14.5. The van der Waals surface area contributed by atoms with Gasteiger partial charge in [-0.15, -0.1) is 0 Å². The van der Waals surface area contributed by atoms with Crippen LogP contribution in [0.1, 0.15) is 77.6 Å². The molecule has 0 N–H and O–H groups in total. The summed E-state index contributed by atoms with van der Waals surface area (Å²) in [6.07, 6.45) is 0. The fourth-order valence-corrected chi connectivity index (χ4v) is 11.6. The summed E-state index contributed by atoms with van der Waals surface area (Å²) in [4.78, 5) is 2.68. The van der Waals surface area contributed by atoms with Crippen molar-refractivity contribution >= 4 is 72.9 Å². The third kappa shape index (κ3) is 4.87. The van der Waals surface area contributed by atoms with E-state index in [1.165, 1.54) is 99.7 Å². The number of furan rings is 1. The maximum Gasteiger partial charge on any atom is 0.333 e. The Kier molecular flexibility index (Phi) is 7.15. The molecule has 3 nitrogen and oxygen atoms in total. The van der Waals surface area contributed by atoms with Gasteiger partial charge in [-0.25, -0.2) is 0 Å². The monoisotopic (exact) mass is 812 g/mol. The first-order valence-electron chi connectivity index (χ1n) is 22.6. The van der Waals surface area contributed by atoms with Gasteiger partial charge in [-0.2, -0.15) is 0 Å². The zero-order valence-corrected chi connectivity index (χ0v) is 37.3. The number of aromatic nitrogens is 1. The number of hydrogen-bond acceptors (Lipinski definition) is 2. The zero-order valence-electron chi connectivity index (χ0n) is 37.3. The zero-order chi connectivity index (χ0) is 42.9. The van der Waals surface area contributed by atoms with E-state index >= 15 is 0 Å². The summed E-state index contributed by atoms with van der Waals surface area (Å²) in [6, 6.07) is 57.4. The van der Waals surface area contributed by atoms with E-state index in [1.54, 1.807) is 0 Å². The standard InChI is InChI=1S/C59H49BN2O/c1-57(2,3)36-24-28-48-41(30-36)42-31-37(58(4,5)6)32-47-54(42)61(48)55-53-44(33-43-39-18-13-15-21-50(39)63-56(43)55)52-49(29-27-46-51(52)40-19-12-14-20-45(40)59(46,7)8)62(60(47)53)38-25-22-35(23-26-38)34-16-10-9-11-17-34/h9-33H,1-8H3. The van der Waals surface area contributed by atoms with E-state index in [2.05, 4.69) is 216 Å². The molecule has 0 unspecified atom stereocenters. The molecule has 0 bridgehead atoms. The average molecular weight is 813 g/mol. The summed E-state index contributed by atoms with van der Waals surface area (Å²) in [5, 5.41) is 4.89. The Morgan fingerprint density at radius 2 is 1.24 bits per heavy atom. The quantitative estimate of drug-likeness (QED) is 0.162. The number of para-hydroxylation sites is 1. The van der Waals surface area contributed by atoms with Gasteiger partial charge < -0.3 is 13.8 Å². The lowest BCUT2D eigenvalue weighted by Crippen LogP contribution is -2.61. The van der Waals surface area contributed by atoms with E-state index in [0.717, 1.165) is 27.6 Å². The maximum atomic E-state index is 7.18. The fourth-order valence-electron chi connectivity index (χ4n) is 11.6. The number of hydrogen-bond donors (Lipinski definition) is 0. The van der Waals surface area contributed by atoms with Crippen molar-refractivity contribution in [3.63, 3.8) is 0 Å². The minimum atomic E-state index is -0.158. The normalized spacial score (nSPS) is 14.7. The first-order valence-corrected chi connectivity index (χ1v) is 22.6. The molecule has 4 heteroatoms. The van der Waals surface area contributed by atoms with Crippen LogP contribution >= 0.6 is 0 Å². The molecule has 0 saturated carbocycles. The molecule has 63 heavy (non-hydrogen) atoms. The first kappa shape index (κ1) is 36.8. The molecule has 0 saturated heterocycles. The molecule has 0 spiro atoms. The van der Waals surface area contributed by atoms with Crippen molar-refractivity contribution in [2.24, 2.45) is 0 Å². The van der Waals surface area contributed by atoms with Crippen LogP contribution < -0.4 is 15.7 Å². The van der Waals surface area contributed by atoms with E-state index in [0.29, 0.717) is 0 Å². The Bertz CT molecular complexity index is 3610. The van der Waals surface area contributed by atoms with Crippen molar-refractivity contribution in [3.8, 4) is 39.1 Å². The van der Waals surface area contributed by atoms with Gasteiger partial charge in [0.05, 0.1) is 16.7 Å². The van der Waals surface area contributed by atoms with Crippen LogP contribution in [0.2, 0.25) is 0 Å². The van der Waals surface area contributed by atoms with E-state index in [-0.39, 0.29) is 23.1 Å². The van der Waals surface area contributed by atoms with Crippen LogP contribution in [-0.2, 0) is 16.2 Å². The van der Waals surface area contributed by atoms with Crippen LogP contribution in [0, 0.1) is 0 Å². The van der Waals surface area contributed by atoms with Gasteiger partial charge in [-0.1, -0.05) is 159 Å². The van der Waals surface area contributed by atoms with Crippen LogP contribution in [-0.4, -0.2) is 11.4 Å². The predicted molar refractivity (Wildman–Crippen MR) is 267 cm³/mol. The third-order valence-electron chi connectivity index (χ3n) is 14.9. The molecule has 304 valence electrons. The highest BCUT2D eigenvalue weighted by atomic mass is 16.3. The molecule has 2 aliphatic heterocycles. The fraction of sp³-hybridized carbons (Fsp3) is 0.186. The molecule has 3 aliphatic rings. The van der Waals surface area contributed by atoms with Crippen molar-refractivity contribution in [3.05, 3.63) is 174 Å². The summed E-state index contributed by atoms with van der Waals surface area (Å²) < 4.78 is 9.78. The Labute approximate surface area is 369 Å². The van der Waals surface area contributed by atoms with Crippen molar-refractivity contribution in [1.29, 1.82) is 0 Å². The molecule has 1 aliphatic carbocycles. The van der Waals surface area contributed by atoms with Gasteiger partial charge in [0.1, 0.15) is 5.58 Å². The number of anilines is 2. The number of fused-ring (bicyclic) bond motifs is 15. The molecular formula is C59H49BN2O. The van der Waals surface area contributed by atoms with E-state index < -0.39 is 0 Å². The lowest BCUT2D eigenvalue weighted by Gasteiger charge is -2.43. The Morgan fingerprint density at radius 3 is 2.02 bits per heavy atom. The first-order chi connectivity index (χ1) is 30.3. The second kappa shape index (κ2) is 12.2. The minimum Gasteiger partial charge on any atom is -0.454 e. The number of nitrogens with zero attached hydrogens (tertiary/aromatic N) is 2. The molecule has 4 heterocycles. The Balaban J connectivity index is 1.24. The SMILES string of the molecule is CC(C)(C)c1ccc2c(c1)c1cc(C(C)(C)C)cc3c1n2-c1c2c(cc4c1oc1ccccc14)-c1c(ccc4c1-c1ccccc1C4(C)C)N(c1ccc(-c4ccccc4)cc1)B23. The molecule has 10 aromatic rings. The topological polar surface area (TPSA) is 21.3 Å².